The van der Waals surface area contributed by atoms with Crippen molar-refractivity contribution in [1.29, 1.82) is 0 Å². The summed E-state index contributed by atoms with van der Waals surface area (Å²) in [6, 6.07) is 0. The summed E-state index contributed by atoms with van der Waals surface area (Å²) in [7, 11) is 0. The largest absolute Gasteiger partial charge is 0.459 e. The van der Waals surface area contributed by atoms with Crippen LogP contribution in [0.3, 0.4) is 0 Å². The number of fused-ring (bicyclic) bond motifs is 1. The highest BCUT2D eigenvalue weighted by atomic mass is 16.6. The van der Waals surface area contributed by atoms with Gasteiger partial charge in [-0.2, -0.15) is 0 Å². The fourth-order valence-corrected chi connectivity index (χ4v) is 6.24. The minimum absolute atomic E-state index is 0.0267. The lowest BCUT2D eigenvalue weighted by molar-refractivity contribution is -0.175. The van der Waals surface area contributed by atoms with Crippen molar-refractivity contribution in [3.63, 3.8) is 0 Å². The predicted octanol–water partition coefficient (Wildman–Crippen LogP) is 1.18. The number of esters is 1. The number of hydrogen-bond acceptors (Lipinski definition) is 6. The molecule has 7 atom stereocenters. The van der Waals surface area contributed by atoms with E-state index in [0.29, 0.717) is 18.4 Å². The first-order valence-corrected chi connectivity index (χ1v) is 9.75. The van der Waals surface area contributed by atoms with Gasteiger partial charge in [0.1, 0.15) is 12.7 Å². The van der Waals surface area contributed by atoms with Crippen LogP contribution < -0.4 is 0 Å². The molecule has 2 saturated heterocycles. The number of aliphatic hydroxyl groups excluding tert-OH is 3. The van der Waals surface area contributed by atoms with E-state index in [1.165, 1.54) is 0 Å². The van der Waals surface area contributed by atoms with Crippen LogP contribution in [0.2, 0.25) is 0 Å². The van der Waals surface area contributed by atoms with Crippen LogP contribution in [-0.2, 0) is 14.3 Å². The van der Waals surface area contributed by atoms with E-state index in [2.05, 4.69) is 6.92 Å². The number of aliphatic hydroxyl groups is 3. The number of hydrogen-bond donors (Lipinski definition) is 3. The molecule has 2 aliphatic heterocycles. The van der Waals surface area contributed by atoms with E-state index in [-0.39, 0.29) is 36.1 Å². The van der Waals surface area contributed by atoms with Crippen molar-refractivity contribution in [3.8, 4) is 0 Å². The van der Waals surface area contributed by atoms with Gasteiger partial charge >= 0.3 is 5.97 Å². The Labute approximate surface area is 154 Å². The lowest BCUT2D eigenvalue weighted by atomic mass is 9.45. The third-order valence-corrected chi connectivity index (χ3v) is 7.99. The van der Waals surface area contributed by atoms with Crippen LogP contribution in [0.25, 0.3) is 0 Å². The minimum atomic E-state index is -0.846. The quantitative estimate of drug-likeness (QED) is 0.394. The molecule has 2 aliphatic carbocycles. The third kappa shape index (κ3) is 2.49. The number of allylic oxidation sites excluding steroid dienone is 1. The summed E-state index contributed by atoms with van der Waals surface area (Å²) in [5.74, 6) is -0.0392. The van der Waals surface area contributed by atoms with Crippen LogP contribution in [0, 0.1) is 22.7 Å². The van der Waals surface area contributed by atoms with E-state index in [9.17, 15) is 20.1 Å². The van der Waals surface area contributed by atoms with Gasteiger partial charge in [-0.25, -0.2) is 4.79 Å². The van der Waals surface area contributed by atoms with Crippen molar-refractivity contribution in [2.75, 3.05) is 19.8 Å². The van der Waals surface area contributed by atoms with E-state index in [1.54, 1.807) is 0 Å². The van der Waals surface area contributed by atoms with Crippen molar-refractivity contribution in [2.24, 2.45) is 22.7 Å². The monoisotopic (exact) mass is 366 g/mol. The Morgan fingerprint density at radius 3 is 2.54 bits per heavy atom. The standard InChI is InChI=1S/C20H30O6/c1-18-7-6-16(23)19(2,10-21)14(18)5-8-20(11-26-20)15(18)4-3-12-13(22)9-25-17(12)24/h3,13-16,21-23H,4-11H2,1-2H3/b12-3+/t13-,14+,15-,16+,18+,19-,20-/m0/s1. The molecule has 4 fully saturated rings. The molecule has 2 heterocycles. The summed E-state index contributed by atoms with van der Waals surface area (Å²) in [6.07, 6.45) is 4.53. The second-order valence-corrected chi connectivity index (χ2v) is 9.23. The fraction of sp³-hybridized carbons (Fsp3) is 0.850. The number of cyclic esters (lactones) is 1. The number of ether oxygens (including phenoxy) is 2. The Morgan fingerprint density at radius 1 is 1.23 bits per heavy atom. The molecule has 0 bridgehead atoms. The zero-order valence-corrected chi connectivity index (χ0v) is 15.6. The van der Waals surface area contributed by atoms with E-state index in [0.717, 1.165) is 25.9 Å². The number of carbonyl (C=O) groups excluding carboxylic acids is 1. The lowest BCUT2D eigenvalue weighted by Gasteiger charge is -2.60. The maximum Gasteiger partial charge on any atom is 0.336 e. The second kappa shape index (κ2) is 6.03. The first-order chi connectivity index (χ1) is 12.3. The summed E-state index contributed by atoms with van der Waals surface area (Å²) in [5, 5.41) is 30.6. The molecule has 0 aromatic heterocycles. The fourth-order valence-electron chi connectivity index (χ4n) is 6.24. The van der Waals surface area contributed by atoms with Gasteiger partial charge in [0.25, 0.3) is 0 Å². The van der Waals surface area contributed by atoms with Crippen LogP contribution in [0.5, 0.6) is 0 Å². The van der Waals surface area contributed by atoms with Crippen molar-refractivity contribution in [3.05, 3.63) is 11.6 Å². The van der Waals surface area contributed by atoms with Gasteiger partial charge < -0.3 is 24.8 Å². The normalized spacial score (nSPS) is 52.2. The van der Waals surface area contributed by atoms with Gasteiger partial charge in [-0.3, -0.25) is 0 Å². The van der Waals surface area contributed by atoms with Crippen LogP contribution in [-0.4, -0.2) is 58.9 Å². The topological polar surface area (TPSA) is 99.5 Å². The second-order valence-electron chi connectivity index (χ2n) is 9.23. The number of carbonyl (C=O) groups is 1. The average molecular weight is 366 g/mol. The number of epoxide rings is 1. The average Bonchev–Trinajstić information content (AvgIpc) is 3.31. The molecule has 0 aromatic rings. The van der Waals surface area contributed by atoms with Crippen LogP contribution in [0.4, 0.5) is 0 Å². The van der Waals surface area contributed by atoms with Gasteiger partial charge in [0.2, 0.25) is 0 Å². The van der Waals surface area contributed by atoms with Crippen molar-refractivity contribution in [2.45, 2.75) is 63.8 Å². The maximum absolute atomic E-state index is 11.8. The molecule has 146 valence electrons. The van der Waals surface area contributed by atoms with Gasteiger partial charge in [-0.05, 0) is 49.4 Å². The third-order valence-electron chi connectivity index (χ3n) is 7.99. The highest BCUT2D eigenvalue weighted by molar-refractivity contribution is 5.91. The Morgan fingerprint density at radius 2 is 1.96 bits per heavy atom. The Bertz CT molecular complexity index is 626. The van der Waals surface area contributed by atoms with E-state index in [4.69, 9.17) is 9.47 Å². The Balaban J connectivity index is 1.66. The van der Waals surface area contributed by atoms with Crippen molar-refractivity contribution >= 4 is 5.97 Å². The van der Waals surface area contributed by atoms with Gasteiger partial charge in [0, 0.05) is 5.41 Å². The first kappa shape index (κ1) is 18.4. The summed E-state index contributed by atoms with van der Waals surface area (Å²) in [5.41, 5.74) is -0.405. The summed E-state index contributed by atoms with van der Waals surface area (Å²) in [4.78, 5) is 11.8. The maximum atomic E-state index is 11.8. The predicted molar refractivity (Wildman–Crippen MR) is 93.1 cm³/mol. The molecule has 1 spiro atoms. The molecule has 4 aliphatic rings. The van der Waals surface area contributed by atoms with Gasteiger partial charge in [-0.15, -0.1) is 0 Å². The molecule has 4 rings (SSSR count). The lowest BCUT2D eigenvalue weighted by Crippen LogP contribution is -2.60. The summed E-state index contributed by atoms with van der Waals surface area (Å²) >= 11 is 0. The Kier molecular flexibility index (Phi) is 4.27. The SMILES string of the molecule is C[C@]1(CO)[C@@H]2CC[C@]3(CO3)[C@@H](C/C=C3/C(=O)OC[C@@H]3O)[C@]2(C)CC[C@H]1O. The molecule has 2 saturated carbocycles. The molecule has 3 N–H and O–H groups in total. The first-order valence-electron chi connectivity index (χ1n) is 9.75. The van der Waals surface area contributed by atoms with Crippen molar-refractivity contribution in [1.82, 2.24) is 0 Å². The van der Waals surface area contributed by atoms with E-state index >= 15 is 0 Å². The highest BCUT2D eigenvalue weighted by Crippen LogP contribution is 2.66. The van der Waals surface area contributed by atoms with Gasteiger partial charge in [0.05, 0.1) is 30.5 Å². The molecular weight excluding hydrogens is 336 g/mol. The minimum Gasteiger partial charge on any atom is -0.459 e. The van der Waals surface area contributed by atoms with E-state index in [1.807, 2.05) is 13.0 Å². The van der Waals surface area contributed by atoms with Crippen LogP contribution in [0.1, 0.15) is 46.0 Å². The van der Waals surface area contributed by atoms with Crippen LogP contribution >= 0.6 is 0 Å². The Hall–Kier alpha value is -0.950. The summed E-state index contributed by atoms with van der Waals surface area (Å²) < 4.78 is 10.9. The molecule has 0 radical (unpaired) electrons. The smallest absolute Gasteiger partial charge is 0.336 e. The van der Waals surface area contributed by atoms with Gasteiger partial charge in [-0.1, -0.05) is 19.9 Å². The van der Waals surface area contributed by atoms with Crippen molar-refractivity contribution < 1.29 is 29.6 Å². The zero-order chi connectivity index (χ0) is 18.7. The zero-order valence-electron chi connectivity index (χ0n) is 15.6. The molecule has 26 heavy (non-hydrogen) atoms. The van der Waals surface area contributed by atoms with E-state index < -0.39 is 23.6 Å². The van der Waals surface area contributed by atoms with Crippen LogP contribution in [0.15, 0.2) is 11.6 Å². The molecule has 0 unspecified atom stereocenters. The molecule has 6 heteroatoms. The molecule has 0 amide bonds. The number of rotatable bonds is 3. The molecular formula is C20H30O6. The molecule has 6 nitrogen and oxygen atoms in total. The van der Waals surface area contributed by atoms with Gasteiger partial charge in [0.15, 0.2) is 0 Å². The molecule has 0 aromatic carbocycles. The summed E-state index contributed by atoms with van der Waals surface area (Å²) in [6.45, 7) is 4.99. The highest BCUT2D eigenvalue weighted by Gasteiger charge is 2.66.